The van der Waals surface area contributed by atoms with Gasteiger partial charge in [0.1, 0.15) is 6.04 Å². The Bertz CT molecular complexity index is 233. The normalized spacial score (nSPS) is 31.0. The molecule has 2 saturated heterocycles. The Kier molecular flexibility index (Phi) is 2.52. The monoisotopic (exact) mass is 197 g/mol. The van der Waals surface area contributed by atoms with E-state index in [2.05, 4.69) is 7.05 Å². The molecule has 0 N–H and O–H groups in total. The molecule has 80 valence electrons. The maximum atomic E-state index is 11.2. The van der Waals surface area contributed by atoms with Crippen LogP contribution in [0, 0.1) is 0 Å². The second-order valence-electron chi connectivity index (χ2n) is 5.04. The molecule has 0 aromatic carbocycles. The minimum atomic E-state index is 0.248. The topological polar surface area (TPSA) is 20.3 Å². The zero-order chi connectivity index (χ0) is 10.2. The molecule has 1 unspecified atom stereocenters. The van der Waals surface area contributed by atoms with Crippen LogP contribution in [0.5, 0.6) is 0 Å². The molecule has 3 nitrogen and oxygen atoms in total. The summed E-state index contributed by atoms with van der Waals surface area (Å²) in [5.74, 6) is 0.248. The highest BCUT2D eigenvalue weighted by molar-refractivity contribution is 5.73. The van der Waals surface area contributed by atoms with E-state index < -0.39 is 0 Å². The minimum Gasteiger partial charge on any atom is -0.337 e. The largest absolute Gasteiger partial charge is 0.337 e. The van der Waals surface area contributed by atoms with Crippen molar-refractivity contribution in [2.24, 2.45) is 0 Å². The van der Waals surface area contributed by atoms with Gasteiger partial charge in [-0.1, -0.05) is 0 Å². The van der Waals surface area contributed by atoms with E-state index >= 15 is 0 Å². The third-order valence-electron chi connectivity index (χ3n) is 4.08. The van der Waals surface area contributed by atoms with Crippen LogP contribution >= 0.6 is 0 Å². The molecule has 2 aliphatic heterocycles. The van der Waals surface area contributed by atoms with Gasteiger partial charge >= 0.3 is 0 Å². The number of hydrogen-bond donors (Lipinski definition) is 0. The van der Waals surface area contributed by atoms with Crippen LogP contribution in [0.1, 0.15) is 26.2 Å². The molecule has 2 rings (SSSR count). The Morgan fingerprint density at radius 1 is 1.36 bits per heavy atom. The van der Waals surface area contributed by atoms with Gasteiger partial charge < -0.3 is 9.38 Å². The third-order valence-corrected chi connectivity index (χ3v) is 4.08. The SMILES string of the molecule is CC(=O)N1CCC([N+]2(C)CCCC2)C1. The summed E-state index contributed by atoms with van der Waals surface area (Å²) in [5, 5.41) is 0. The predicted octanol–water partition coefficient (Wildman–Crippen LogP) is 0.848. The average molecular weight is 197 g/mol. The van der Waals surface area contributed by atoms with Crippen molar-refractivity contribution in [2.45, 2.75) is 32.2 Å². The zero-order valence-corrected chi connectivity index (χ0v) is 9.33. The number of carbonyl (C=O) groups excluding carboxylic acids is 1. The van der Waals surface area contributed by atoms with Crippen molar-refractivity contribution in [1.82, 2.24) is 4.90 Å². The number of likely N-dealkylation sites (N-methyl/N-ethyl adjacent to an activating group) is 1. The summed E-state index contributed by atoms with van der Waals surface area (Å²) in [7, 11) is 2.36. The molecule has 0 bridgehead atoms. The molecule has 0 aromatic rings. The Labute approximate surface area is 86.3 Å². The lowest BCUT2D eigenvalue weighted by Gasteiger charge is -2.35. The minimum absolute atomic E-state index is 0.248. The van der Waals surface area contributed by atoms with Gasteiger partial charge in [-0.05, 0) is 0 Å². The number of likely N-dealkylation sites (tertiary alicyclic amines) is 2. The summed E-state index contributed by atoms with van der Waals surface area (Å²) in [5.41, 5.74) is 0. The van der Waals surface area contributed by atoms with E-state index in [0.717, 1.165) is 13.1 Å². The van der Waals surface area contributed by atoms with Crippen molar-refractivity contribution < 1.29 is 9.28 Å². The van der Waals surface area contributed by atoms with Gasteiger partial charge in [-0.2, -0.15) is 0 Å². The number of hydrogen-bond acceptors (Lipinski definition) is 1. The molecule has 0 radical (unpaired) electrons. The Hall–Kier alpha value is -0.570. The van der Waals surface area contributed by atoms with Crippen LogP contribution in [0.4, 0.5) is 0 Å². The summed E-state index contributed by atoms with van der Waals surface area (Å²) in [4.78, 5) is 13.2. The van der Waals surface area contributed by atoms with E-state index in [0.29, 0.717) is 6.04 Å². The first-order valence-electron chi connectivity index (χ1n) is 5.71. The molecule has 2 fully saturated rings. The van der Waals surface area contributed by atoms with E-state index in [1.165, 1.54) is 36.8 Å². The van der Waals surface area contributed by atoms with Gasteiger partial charge in [0.05, 0.1) is 26.7 Å². The summed E-state index contributed by atoms with van der Waals surface area (Å²) < 4.78 is 1.21. The van der Waals surface area contributed by atoms with Gasteiger partial charge in [-0.3, -0.25) is 4.79 Å². The smallest absolute Gasteiger partial charge is 0.219 e. The number of amides is 1. The van der Waals surface area contributed by atoms with Crippen molar-refractivity contribution in [3.05, 3.63) is 0 Å². The number of rotatable bonds is 1. The molecule has 0 aliphatic carbocycles. The molecule has 2 aliphatic rings. The molecule has 0 saturated carbocycles. The first-order valence-corrected chi connectivity index (χ1v) is 5.71. The molecular formula is C11H21N2O+. The Balaban J connectivity index is 1.97. The molecule has 14 heavy (non-hydrogen) atoms. The first-order chi connectivity index (χ1) is 6.62. The van der Waals surface area contributed by atoms with Gasteiger partial charge in [-0.15, -0.1) is 0 Å². The van der Waals surface area contributed by atoms with E-state index in [1.54, 1.807) is 6.92 Å². The van der Waals surface area contributed by atoms with Crippen LogP contribution in [0.15, 0.2) is 0 Å². The Morgan fingerprint density at radius 2 is 2.00 bits per heavy atom. The van der Waals surface area contributed by atoms with E-state index in [1.807, 2.05) is 4.90 Å². The van der Waals surface area contributed by atoms with Crippen LogP contribution in [-0.4, -0.2) is 54.6 Å². The molecule has 0 spiro atoms. The van der Waals surface area contributed by atoms with E-state index in [9.17, 15) is 4.79 Å². The second-order valence-corrected chi connectivity index (χ2v) is 5.04. The number of carbonyl (C=O) groups is 1. The number of quaternary nitrogens is 1. The first kappa shape index (κ1) is 9.97. The predicted molar refractivity (Wildman–Crippen MR) is 55.8 cm³/mol. The van der Waals surface area contributed by atoms with Gasteiger partial charge in [0, 0.05) is 32.7 Å². The third kappa shape index (κ3) is 1.65. The van der Waals surface area contributed by atoms with Crippen molar-refractivity contribution in [3.8, 4) is 0 Å². The highest BCUT2D eigenvalue weighted by Crippen LogP contribution is 2.26. The van der Waals surface area contributed by atoms with Crippen molar-refractivity contribution in [1.29, 1.82) is 0 Å². The molecular weight excluding hydrogens is 176 g/mol. The van der Waals surface area contributed by atoms with Gasteiger partial charge in [0.15, 0.2) is 0 Å². The molecule has 2 heterocycles. The summed E-state index contributed by atoms with van der Waals surface area (Å²) >= 11 is 0. The lowest BCUT2D eigenvalue weighted by Crippen LogP contribution is -2.51. The molecule has 0 aromatic heterocycles. The van der Waals surface area contributed by atoms with Crippen LogP contribution in [0.3, 0.4) is 0 Å². The van der Waals surface area contributed by atoms with Crippen LogP contribution < -0.4 is 0 Å². The molecule has 3 heteroatoms. The van der Waals surface area contributed by atoms with Crippen LogP contribution in [0.25, 0.3) is 0 Å². The maximum Gasteiger partial charge on any atom is 0.219 e. The fraction of sp³-hybridized carbons (Fsp3) is 0.909. The molecule has 1 atom stereocenters. The van der Waals surface area contributed by atoms with Crippen molar-refractivity contribution in [2.75, 3.05) is 33.2 Å². The lowest BCUT2D eigenvalue weighted by atomic mass is 10.2. The van der Waals surface area contributed by atoms with Gasteiger partial charge in [-0.25, -0.2) is 0 Å². The standard InChI is InChI=1S/C11H21N2O/c1-10(14)12-6-5-11(9-12)13(2)7-3-4-8-13/h11H,3-9H2,1-2H3/q+1. The fourth-order valence-corrected chi connectivity index (χ4v) is 2.96. The molecule has 1 amide bonds. The highest BCUT2D eigenvalue weighted by Gasteiger charge is 2.40. The van der Waals surface area contributed by atoms with Crippen LogP contribution in [0.2, 0.25) is 0 Å². The lowest BCUT2D eigenvalue weighted by molar-refractivity contribution is -0.920. The maximum absolute atomic E-state index is 11.2. The van der Waals surface area contributed by atoms with E-state index in [-0.39, 0.29) is 5.91 Å². The number of nitrogens with zero attached hydrogens (tertiary/aromatic N) is 2. The summed E-state index contributed by atoms with van der Waals surface area (Å²) in [6.07, 6.45) is 3.94. The second kappa shape index (κ2) is 3.54. The Morgan fingerprint density at radius 3 is 2.50 bits per heavy atom. The fourth-order valence-electron chi connectivity index (χ4n) is 2.96. The summed E-state index contributed by atoms with van der Waals surface area (Å²) in [6.45, 7) is 6.29. The zero-order valence-electron chi connectivity index (χ0n) is 9.33. The van der Waals surface area contributed by atoms with Crippen LogP contribution in [-0.2, 0) is 4.79 Å². The van der Waals surface area contributed by atoms with Crippen molar-refractivity contribution >= 4 is 5.91 Å². The van der Waals surface area contributed by atoms with E-state index in [4.69, 9.17) is 0 Å². The highest BCUT2D eigenvalue weighted by atomic mass is 16.2. The van der Waals surface area contributed by atoms with Crippen molar-refractivity contribution in [3.63, 3.8) is 0 Å². The van der Waals surface area contributed by atoms with Gasteiger partial charge in [0.25, 0.3) is 0 Å². The summed E-state index contributed by atoms with van der Waals surface area (Å²) in [6, 6.07) is 0.710. The quantitative estimate of drug-likeness (QED) is 0.571. The van der Waals surface area contributed by atoms with Gasteiger partial charge in [0.2, 0.25) is 5.91 Å². The average Bonchev–Trinajstić information content (AvgIpc) is 2.71.